The van der Waals surface area contributed by atoms with Crippen molar-refractivity contribution in [1.82, 2.24) is 4.90 Å². The lowest BCUT2D eigenvalue weighted by Gasteiger charge is -2.22. The number of nitrogens with zero attached hydrogens (tertiary/aromatic N) is 1. The SMILES string of the molecule is COCCN(CCN)C(=O)Cc1cc(C)ccc1C. The van der Waals surface area contributed by atoms with Crippen LogP contribution in [0, 0.1) is 13.8 Å². The van der Waals surface area contributed by atoms with Gasteiger partial charge >= 0.3 is 0 Å². The van der Waals surface area contributed by atoms with Crippen molar-refractivity contribution in [2.45, 2.75) is 20.3 Å². The molecule has 106 valence electrons. The van der Waals surface area contributed by atoms with Gasteiger partial charge in [0, 0.05) is 26.7 Å². The second kappa shape index (κ2) is 7.92. The lowest BCUT2D eigenvalue weighted by Crippen LogP contribution is -2.38. The standard InChI is InChI=1S/C15H24N2O2/c1-12-4-5-13(2)14(10-12)11-15(18)17(7-6-16)8-9-19-3/h4-5,10H,6-9,11,16H2,1-3H3. The van der Waals surface area contributed by atoms with E-state index in [9.17, 15) is 4.79 Å². The van der Waals surface area contributed by atoms with Crippen LogP contribution < -0.4 is 5.73 Å². The highest BCUT2D eigenvalue weighted by Crippen LogP contribution is 2.12. The first kappa shape index (κ1) is 15.7. The number of ether oxygens (including phenoxy) is 1. The molecule has 0 aliphatic heterocycles. The number of methoxy groups -OCH3 is 1. The number of hydrogen-bond acceptors (Lipinski definition) is 3. The van der Waals surface area contributed by atoms with E-state index in [1.54, 1.807) is 12.0 Å². The third kappa shape index (κ3) is 5.01. The zero-order chi connectivity index (χ0) is 14.3. The summed E-state index contributed by atoms with van der Waals surface area (Å²) in [6, 6.07) is 6.19. The van der Waals surface area contributed by atoms with E-state index in [0.717, 1.165) is 11.1 Å². The lowest BCUT2D eigenvalue weighted by molar-refractivity contribution is -0.131. The third-order valence-electron chi connectivity index (χ3n) is 3.16. The van der Waals surface area contributed by atoms with Crippen molar-refractivity contribution < 1.29 is 9.53 Å². The molecule has 4 nitrogen and oxygen atoms in total. The molecule has 0 aliphatic rings. The van der Waals surface area contributed by atoms with Crippen LogP contribution in [0.15, 0.2) is 18.2 Å². The molecule has 0 saturated heterocycles. The predicted molar refractivity (Wildman–Crippen MR) is 77.1 cm³/mol. The molecule has 0 spiro atoms. The number of carbonyl (C=O) groups is 1. The Balaban J connectivity index is 2.71. The minimum absolute atomic E-state index is 0.108. The number of carbonyl (C=O) groups excluding carboxylic acids is 1. The van der Waals surface area contributed by atoms with Gasteiger partial charge in [-0.15, -0.1) is 0 Å². The van der Waals surface area contributed by atoms with E-state index >= 15 is 0 Å². The van der Waals surface area contributed by atoms with Gasteiger partial charge in [0.2, 0.25) is 5.91 Å². The zero-order valence-electron chi connectivity index (χ0n) is 12.1. The Kier molecular flexibility index (Phi) is 6.53. The second-order valence-corrected chi connectivity index (χ2v) is 4.77. The van der Waals surface area contributed by atoms with Gasteiger partial charge in [-0.2, -0.15) is 0 Å². The van der Waals surface area contributed by atoms with Crippen molar-refractivity contribution in [1.29, 1.82) is 0 Å². The largest absolute Gasteiger partial charge is 0.383 e. The summed E-state index contributed by atoms with van der Waals surface area (Å²) < 4.78 is 5.03. The molecule has 1 aromatic rings. The number of nitrogens with two attached hydrogens (primary N) is 1. The first-order valence-corrected chi connectivity index (χ1v) is 6.61. The number of aryl methyl sites for hydroxylation is 2. The summed E-state index contributed by atoms with van der Waals surface area (Å²) in [6.45, 7) is 6.26. The normalized spacial score (nSPS) is 10.5. The number of rotatable bonds is 7. The molecule has 0 fully saturated rings. The van der Waals surface area contributed by atoms with Crippen LogP contribution in [0.2, 0.25) is 0 Å². The molecule has 0 aliphatic carbocycles. The van der Waals surface area contributed by atoms with E-state index in [2.05, 4.69) is 18.2 Å². The Morgan fingerprint density at radius 3 is 2.68 bits per heavy atom. The molecule has 1 rings (SSSR count). The summed E-state index contributed by atoms with van der Waals surface area (Å²) in [7, 11) is 1.63. The Labute approximate surface area is 115 Å². The maximum absolute atomic E-state index is 12.3. The fourth-order valence-corrected chi connectivity index (χ4v) is 1.98. The molecular weight excluding hydrogens is 240 g/mol. The van der Waals surface area contributed by atoms with Gasteiger partial charge in [0.05, 0.1) is 13.0 Å². The van der Waals surface area contributed by atoms with Crippen LogP contribution in [-0.2, 0) is 16.0 Å². The predicted octanol–water partition coefficient (Wildman–Crippen LogP) is 1.28. The Morgan fingerprint density at radius 2 is 2.05 bits per heavy atom. The van der Waals surface area contributed by atoms with Crippen LogP contribution in [0.3, 0.4) is 0 Å². The highest BCUT2D eigenvalue weighted by Gasteiger charge is 2.14. The van der Waals surface area contributed by atoms with E-state index < -0.39 is 0 Å². The summed E-state index contributed by atoms with van der Waals surface area (Å²) in [6.07, 6.45) is 0.428. The van der Waals surface area contributed by atoms with E-state index in [-0.39, 0.29) is 5.91 Å². The molecule has 0 heterocycles. The summed E-state index contributed by atoms with van der Waals surface area (Å²) in [5, 5.41) is 0. The Morgan fingerprint density at radius 1 is 1.32 bits per heavy atom. The molecule has 1 amide bonds. The highest BCUT2D eigenvalue weighted by molar-refractivity contribution is 5.79. The summed E-state index contributed by atoms with van der Waals surface area (Å²) >= 11 is 0. The highest BCUT2D eigenvalue weighted by atomic mass is 16.5. The van der Waals surface area contributed by atoms with Gasteiger partial charge in [0.1, 0.15) is 0 Å². The number of amides is 1. The van der Waals surface area contributed by atoms with Crippen LogP contribution >= 0.6 is 0 Å². The van der Waals surface area contributed by atoms with Crippen LogP contribution in [-0.4, -0.2) is 44.2 Å². The molecule has 2 N–H and O–H groups in total. The molecule has 0 unspecified atom stereocenters. The third-order valence-corrected chi connectivity index (χ3v) is 3.16. The van der Waals surface area contributed by atoms with Crippen molar-refractivity contribution in [2.24, 2.45) is 5.73 Å². The molecular formula is C15H24N2O2. The molecule has 1 aromatic carbocycles. The van der Waals surface area contributed by atoms with Gasteiger partial charge in [0.25, 0.3) is 0 Å². The van der Waals surface area contributed by atoms with Crippen molar-refractivity contribution in [3.8, 4) is 0 Å². The molecule has 19 heavy (non-hydrogen) atoms. The average Bonchev–Trinajstić information content (AvgIpc) is 2.38. The van der Waals surface area contributed by atoms with Gasteiger partial charge in [-0.25, -0.2) is 0 Å². The van der Waals surface area contributed by atoms with E-state index in [1.165, 1.54) is 5.56 Å². The van der Waals surface area contributed by atoms with E-state index in [1.807, 2.05) is 13.8 Å². The van der Waals surface area contributed by atoms with Crippen LogP contribution in [0.25, 0.3) is 0 Å². The quantitative estimate of drug-likeness (QED) is 0.807. The maximum atomic E-state index is 12.3. The van der Waals surface area contributed by atoms with Crippen molar-refractivity contribution in [3.63, 3.8) is 0 Å². The van der Waals surface area contributed by atoms with Crippen LogP contribution in [0.1, 0.15) is 16.7 Å². The monoisotopic (exact) mass is 264 g/mol. The minimum Gasteiger partial charge on any atom is -0.383 e. The first-order chi connectivity index (χ1) is 9.08. The molecule has 0 radical (unpaired) electrons. The molecule has 0 aromatic heterocycles. The number of hydrogen-bond donors (Lipinski definition) is 1. The van der Waals surface area contributed by atoms with Gasteiger partial charge in [-0.05, 0) is 25.0 Å². The Bertz CT molecular complexity index is 419. The fraction of sp³-hybridized carbons (Fsp3) is 0.533. The van der Waals surface area contributed by atoms with Crippen molar-refractivity contribution in [3.05, 3.63) is 34.9 Å². The smallest absolute Gasteiger partial charge is 0.227 e. The van der Waals surface area contributed by atoms with E-state index in [0.29, 0.717) is 32.7 Å². The lowest BCUT2D eigenvalue weighted by atomic mass is 10.0. The van der Waals surface area contributed by atoms with Gasteiger partial charge < -0.3 is 15.4 Å². The summed E-state index contributed by atoms with van der Waals surface area (Å²) in [5.41, 5.74) is 8.97. The summed E-state index contributed by atoms with van der Waals surface area (Å²) in [4.78, 5) is 14.1. The minimum atomic E-state index is 0.108. The van der Waals surface area contributed by atoms with Gasteiger partial charge in [-0.3, -0.25) is 4.79 Å². The molecule has 0 bridgehead atoms. The Hall–Kier alpha value is -1.39. The second-order valence-electron chi connectivity index (χ2n) is 4.77. The topological polar surface area (TPSA) is 55.6 Å². The summed E-state index contributed by atoms with van der Waals surface area (Å²) in [5.74, 6) is 0.108. The number of benzene rings is 1. The van der Waals surface area contributed by atoms with Crippen LogP contribution in [0.5, 0.6) is 0 Å². The average molecular weight is 264 g/mol. The van der Waals surface area contributed by atoms with Crippen LogP contribution in [0.4, 0.5) is 0 Å². The van der Waals surface area contributed by atoms with Gasteiger partial charge in [-0.1, -0.05) is 23.8 Å². The maximum Gasteiger partial charge on any atom is 0.227 e. The first-order valence-electron chi connectivity index (χ1n) is 6.61. The van der Waals surface area contributed by atoms with Gasteiger partial charge in [0.15, 0.2) is 0 Å². The van der Waals surface area contributed by atoms with Crippen molar-refractivity contribution >= 4 is 5.91 Å². The zero-order valence-corrected chi connectivity index (χ0v) is 12.1. The molecule has 0 atom stereocenters. The molecule has 0 saturated carbocycles. The fourth-order valence-electron chi connectivity index (χ4n) is 1.98. The molecule has 4 heteroatoms. The van der Waals surface area contributed by atoms with Crippen molar-refractivity contribution in [2.75, 3.05) is 33.4 Å². The van der Waals surface area contributed by atoms with E-state index in [4.69, 9.17) is 10.5 Å².